The smallest absolute Gasteiger partial charge is 0.326 e. The number of carbonyl (C=O) groups excluding carboxylic acids is 1. The van der Waals surface area contributed by atoms with Gasteiger partial charge in [-0.3, -0.25) is 4.79 Å². The van der Waals surface area contributed by atoms with Crippen molar-refractivity contribution in [2.45, 2.75) is 45.3 Å². The predicted molar refractivity (Wildman–Crippen MR) is 106 cm³/mol. The number of carboxylic acids is 1. The molecule has 9 heteroatoms. The van der Waals surface area contributed by atoms with Gasteiger partial charge < -0.3 is 14.6 Å². The van der Waals surface area contributed by atoms with Crippen molar-refractivity contribution in [1.29, 1.82) is 0 Å². The van der Waals surface area contributed by atoms with Crippen molar-refractivity contribution < 1.29 is 19.1 Å². The average Bonchev–Trinajstić information content (AvgIpc) is 3.24. The number of aromatic nitrogens is 4. The summed E-state index contributed by atoms with van der Waals surface area (Å²) in [7, 11) is 0. The number of aryl methyl sites for hydroxylation is 1. The second-order valence-corrected chi connectivity index (χ2v) is 7.59. The predicted octanol–water partition coefficient (Wildman–Crippen LogP) is 2.64. The van der Waals surface area contributed by atoms with Gasteiger partial charge in [0.2, 0.25) is 0 Å². The molecule has 1 aromatic carbocycles. The van der Waals surface area contributed by atoms with E-state index in [0.717, 1.165) is 18.4 Å². The number of carbonyl (C=O) groups is 2. The number of aliphatic carboxylic acids is 1. The lowest BCUT2D eigenvalue weighted by molar-refractivity contribution is -0.141. The Morgan fingerprint density at radius 1 is 1.33 bits per heavy atom. The second-order valence-electron chi connectivity index (χ2n) is 7.59. The summed E-state index contributed by atoms with van der Waals surface area (Å²) in [6, 6.07) is 7.18. The van der Waals surface area contributed by atoms with Gasteiger partial charge in [0.1, 0.15) is 28.9 Å². The van der Waals surface area contributed by atoms with Crippen LogP contribution in [-0.2, 0) is 11.3 Å². The summed E-state index contributed by atoms with van der Waals surface area (Å²) in [6.07, 6.45) is 4.96. The molecule has 30 heavy (non-hydrogen) atoms. The molecule has 1 aliphatic carbocycles. The molecule has 8 nitrogen and oxygen atoms in total. The lowest BCUT2D eigenvalue weighted by Gasteiger charge is -2.26. The highest BCUT2D eigenvalue weighted by Crippen LogP contribution is 2.30. The molecule has 1 fully saturated rings. The minimum absolute atomic E-state index is 0.0443. The summed E-state index contributed by atoms with van der Waals surface area (Å²) in [6.45, 7) is 3.64. The third kappa shape index (κ3) is 3.83. The summed E-state index contributed by atoms with van der Waals surface area (Å²) >= 11 is 0. The second kappa shape index (κ2) is 7.74. The van der Waals surface area contributed by atoms with Gasteiger partial charge in [0.05, 0.1) is 12.7 Å². The summed E-state index contributed by atoms with van der Waals surface area (Å²) in [4.78, 5) is 26.0. The topological polar surface area (TPSA) is 93.2 Å². The summed E-state index contributed by atoms with van der Waals surface area (Å²) < 4.78 is 17.2. The molecular formula is C21H22FN5O3. The fraction of sp³-hybridized carbons (Fsp3) is 0.333. The van der Waals surface area contributed by atoms with Gasteiger partial charge in [-0.1, -0.05) is 11.3 Å². The van der Waals surface area contributed by atoms with Crippen LogP contribution in [0.25, 0.3) is 5.69 Å². The summed E-state index contributed by atoms with van der Waals surface area (Å²) in [5.74, 6) is -1.76. The van der Waals surface area contributed by atoms with Gasteiger partial charge >= 0.3 is 5.97 Å². The quantitative estimate of drug-likeness (QED) is 0.645. The van der Waals surface area contributed by atoms with Crippen molar-refractivity contribution in [3.8, 4) is 5.69 Å². The minimum atomic E-state index is -1.03. The Morgan fingerprint density at radius 3 is 2.80 bits per heavy atom. The molecule has 0 aliphatic heterocycles. The van der Waals surface area contributed by atoms with Gasteiger partial charge in [-0.2, -0.15) is 0 Å². The first-order valence-corrected chi connectivity index (χ1v) is 9.73. The van der Waals surface area contributed by atoms with E-state index in [1.54, 1.807) is 41.2 Å². The lowest BCUT2D eigenvalue weighted by atomic mass is 10.2. The molecule has 1 aliphatic rings. The molecule has 4 rings (SSSR count). The zero-order chi connectivity index (χ0) is 21.4. The van der Waals surface area contributed by atoms with Gasteiger partial charge in [-0.05, 0) is 56.5 Å². The molecule has 1 saturated carbocycles. The maximum absolute atomic E-state index is 14.1. The Morgan fingerprint density at radius 2 is 2.10 bits per heavy atom. The van der Waals surface area contributed by atoms with E-state index in [2.05, 4.69) is 10.3 Å². The first-order valence-electron chi connectivity index (χ1n) is 9.73. The highest BCUT2D eigenvalue weighted by atomic mass is 19.1. The maximum Gasteiger partial charge on any atom is 0.326 e. The molecule has 1 atom stereocenters. The zero-order valence-corrected chi connectivity index (χ0v) is 16.7. The zero-order valence-electron chi connectivity index (χ0n) is 16.7. The fourth-order valence-corrected chi connectivity index (χ4v) is 3.47. The molecule has 0 spiro atoms. The van der Waals surface area contributed by atoms with E-state index in [0.29, 0.717) is 17.1 Å². The standard InChI is InChI=1S/C21H22FN5O3/c1-13-5-8-17(22)19(10-13)26-12-15(23-24-26)11-25-9-3-4-18(25)20(28)27(16-6-7-16)14(2)21(29)30/h3-5,8-10,12,14,16H,6-7,11H2,1-2H3,(H,29,30). The van der Waals surface area contributed by atoms with Crippen LogP contribution in [0.15, 0.2) is 42.7 Å². The van der Waals surface area contributed by atoms with Crippen LogP contribution in [0.4, 0.5) is 4.39 Å². The van der Waals surface area contributed by atoms with Crippen molar-refractivity contribution in [3.05, 3.63) is 65.5 Å². The molecule has 3 aromatic rings. The van der Waals surface area contributed by atoms with Gasteiger partial charge in [0, 0.05) is 12.2 Å². The van der Waals surface area contributed by atoms with E-state index >= 15 is 0 Å². The van der Waals surface area contributed by atoms with E-state index in [1.165, 1.54) is 22.6 Å². The van der Waals surface area contributed by atoms with Crippen molar-refractivity contribution in [2.75, 3.05) is 0 Å². The molecule has 0 radical (unpaired) electrons. The van der Waals surface area contributed by atoms with Crippen molar-refractivity contribution in [2.24, 2.45) is 0 Å². The Hall–Kier alpha value is -3.49. The van der Waals surface area contributed by atoms with Crippen LogP contribution in [0, 0.1) is 12.7 Å². The molecule has 0 saturated heterocycles. The average molecular weight is 411 g/mol. The maximum atomic E-state index is 14.1. The Kier molecular flexibility index (Phi) is 5.11. The van der Waals surface area contributed by atoms with Crippen LogP contribution in [0.1, 0.15) is 41.5 Å². The molecule has 2 heterocycles. The Bertz CT molecular complexity index is 1100. The fourth-order valence-electron chi connectivity index (χ4n) is 3.47. The van der Waals surface area contributed by atoms with Crippen molar-refractivity contribution in [3.63, 3.8) is 0 Å². The van der Waals surface area contributed by atoms with Crippen LogP contribution in [0.5, 0.6) is 0 Å². The van der Waals surface area contributed by atoms with Crippen LogP contribution < -0.4 is 0 Å². The molecule has 156 valence electrons. The molecular weight excluding hydrogens is 389 g/mol. The number of halogens is 1. The monoisotopic (exact) mass is 411 g/mol. The number of hydrogen-bond donors (Lipinski definition) is 1. The largest absolute Gasteiger partial charge is 0.480 e. The van der Waals surface area contributed by atoms with Crippen LogP contribution in [0.3, 0.4) is 0 Å². The Labute approximate surface area is 172 Å². The Balaban J connectivity index is 1.57. The van der Waals surface area contributed by atoms with Crippen molar-refractivity contribution >= 4 is 11.9 Å². The first-order chi connectivity index (χ1) is 14.3. The molecule has 1 N–H and O–H groups in total. The van der Waals surface area contributed by atoms with E-state index < -0.39 is 17.8 Å². The van der Waals surface area contributed by atoms with Gasteiger partial charge in [-0.25, -0.2) is 13.9 Å². The SMILES string of the molecule is Cc1ccc(F)c(-n2cc(Cn3cccc3C(=O)N(C3CC3)C(C)C(=O)O)nn2)c1. The number of benzene rings is 1. The number of rotatable bonds is 7. The van der Waals surface area contributed by atoms with Crippen LogP contribution in [-0.4, -0.2) is 53.5 Å². The highest BCUT2D eigenvalue weighted by molar-refractivity contribution is 5.95. The number of amides is 1. The third-order valence-electron chi connectivity index (χ3n) is 5.22. The van der Waals surface area contributed by atoms with Gasteiger partial charge in [0.15, 0.2) is 0 Å². The third-order valence-corrected chi connectivity index (χ3v) is 5.22. The van der Waals surface area contributed by atoms with Crippen LogP contribution >= 0.6 is 0 Å². The number of hydrogen-bond acceptors (Lipinski definition) is 4. The molecule has 2 aromatic heterocycles. The normalized spacial score (nSPS) is 14.5. The number of carboxylic acid groups (broad SMARTS) is 1. The lowest BCUT2D eigenvalue weighted by Crippen LogP contribution is -2.45. The van der Waals surface area contributed by atoms with E-state index in [9.17, 15) is 19.1 Å². The van der Waals surface area contributed by atoms with E-state index in [-0.39, 0.29) is 18.5 Å². The summed E-state index contributed by atoms with van der Waals surface area (Å²) in [5, 5.41) is 17.5. The van der Waals surface area contributed by atoms with E-state index in [4.69, 9.17) is 0 Å². The molecule has 1 amide bonds. The first kappa shape index (κ1) is 19.8. The molecule has 1 unspecified atom stereocenters. The van der Waals surface area contributed by atoms with Gasteiger partial charge in [0.25, 0.3) is 5.91 Å². The highest BCUT2D eigenvalue weighted by Gasteiger charge is 2.39. The minimum Gasteiger partial charge on any atom is -0.480 e. The van der Waals surface area contributed by atoms with Crippen molar-refractivity contribution in [1.82, 2.24) is 24.5 Å². The van der Waals surface area contributed by atoms with E-state index in [1.807, 2.05) is 6.92 Å². The van der Waals surface area contributed by atoms with Gasteiger partial charge in [-0.15, -0.1) is 5.10 Å². The van der Waals surface area contributed by atoms with Crippen LogP contribution in [0.2, 0.25) is 0 Å². The number of nitrogens with zero attached hydrogens (tertiary/aromatic N) is 5. The molecule has 0 bridgehead atoms. The summed E-state index contributed by atoms with van der Waals surface area (Å²) in [5.41, 5.74) is 2.12.